The molecule has 3 aromatic rings. The second-order valence-corrected chi connectivity index (χ2v) is 5.80. The van der Waals surface area contributed by atoms with E-state index in [1.54, 1.807) is 11.0 Å². The van der Waals surface area contributed by atoms with E-state index >= 15 is 0 Å². The van der Waals surface area contributed by atoms with Crippen LogP contribution < -0.4 is 4.90 Å². The minimum absolute atomic E-state index is 0.399. The molecule has 0 radical (unpaired) electrons. The van der Waals surface area contributed by atoms with Crippen LogP contribution in [-0.2, 0) is 11.3 Å². The van der Waals surface area contributed by atoms with E-state index in [4.69, 9.17) is 0 Å². The van der Waals surface area contributed by atoms with Crippen molar-refractivity contribution >= 4 is 17.4 Å². The van der Waals surface area contributed by atoms with Gasteiger partial charge in [-0.3, -0.25) is 9.59 Å². The molecule has 4 rings (SSSR count). The van der Waals surface area contributed by atoms with E-state index in [9.17, 15) is 9.59 Å². The molecule has 0 saturated heterocycles. The van der Waals surface area contributed by atoms with Gasteiger partial charge in [-0.2, -0.15) is 0 Å². The van der Waals surface area contributed by atoms with Crippen molar-refractivity contribution in [3.8, 4) is 11.1 Å². The quantitative estimate of drug-likeness (QED) is 0.683. The van der Waals surface area contributed by atoms with Crippen molar-refractivity contribution in [3.05, 3.63) is 90.0 Å². The van der Waals surface area contributed by atoms with Gasteiger partial charge in [-0.15, -0.1) is 0 Å². The van der Waals surface area contributed by atoms with Gasteiger partial charge in [0.15, 0.2) is 0 Å². The molecule has 0 bridgehead atoms. The maximum absolute atomic E-state index is 12.4. The number of benzene rings is 3. The summed E-state index contributed by atoms with van der Waals surface area (Å²) in [5.74, 6) is -0.889. The molecule has 116 valence electrons. The first-order valence-corrected chi connectivity index (χ1v) is 7.83. The van der Waals surface area contributed by atoms with E-state index in [1.165, 1.54) is 0 Å². The molecule has 0 spiro atoms. The molecular formula is C21H15NO2. The highest BCUT2D eigenvalue weighted by Crippen LogP contribution is 2.34. The first kappa shape index (κ1) is 14.4. The van der Waals surface area contributed by atoms with Crippen molar-refractivity contribution in [1.82, 2.24) is 0 Å². The summed E-state index contributed by atoms with van der Waals surface area (Å²) >= 11 is 0. The predicted octanol–water partition coefficient (Wildman–Crippen LogP) is 4.08. The Morgan fingerprint density at radius 3 is 2.08 bits per heavy atom. The van der Waals surface area contributed by atoms with Gasteiger partial charge in [-0.05, 0) is 28.8 Å². The fourth-order valence-corrected chi connectivity index (χ4v) is 3.03. The lowest BCUT2D eigenvalue weighted by Crippen LogP contribution is -2.29. The molecule has 1 amide bonds. The third kappa shape index (κ3) is 2.40. The van der Waals surface area contributed by atoms with Crippen LogP contribution in [0.4, 0.5) is 5.69 Å². The molecule has 0 fully saturated rings. The Bertz CT molecular complexity index is 917. The van der Waals surface area contributed by atoms with Crippen LogP contribution >= 0.6 is 0 Å². The van der Waals surface area contributed by atoms with Crippen LogP contribution in [-0.4, -0.2) is 11.7 Å². The zero-order valence-corrected chi connectivity index (χ0v) is 13.0. The molecule has 1 heterocycles. The molecule has 24 heavy (non-hydrogen) atoms. The minimum atomic E-state index is -0.459. The van der Waals surface area contributed by atoms with Crippen LogP contribution in [0.1, 0.15) is 15.9 Å². The Morgan fingerprint density at radius 1 is 0.708 bits per heavy atom. The summed E-state index contributed by atoms with van der Waals surface area (Å²) in [5, 5.41) is 0. The molecule has 0 unspecified atom stereocenters. The molecule has 0 atom stereocenters. The molecule has 3 heteroatoms. The Balaban J connectivity index is 1.76. The third-order valence-corrected chi connectivity index (χ3v) is 4.26. The number of anilines is 1. The van der Waals surface area contributed by atoms with Crippen molar-refractivity contribution in [3.63, 3.8) is 0 Å². The monoisotopic (exact) mass is 313 g/mol. The molecule has 1 aliphatic heterocycles. The lowest BCUT2D eigenvalue weighted by Gasteiger charge is -2.17. The number of rotatable bonds is 3. The van der Waals surface area contributed by atoms with Crippen molar-refractivity contribution < 1.29 is 9.59 Å². The molecule has 3 nitrogen and oxygen atoms in total. The summed E-state index contributed by atoms with van der Waals surface area (Å²) in [7, 11) is 0. The summed E-state index contributed by atoms with van der Waals surface area (Å²) < 4.78 is 0. The van der Waals surface area contributed by atoms with Crippen LogP contribution in [0.2, 0.25) is 0 Å². The maximum atomic E-state index is 12.4. The first-order chi connectivity index (χ1) is 11.7. The highest BCUT2D eigenvalue weighted by Gasteiger charge is 2.35. The number of hydrogen-bond acceptors (Lipinski definition) is 2. The van der Waals surface area contributed by atoms with Gasteiger partial charge in [-0.25, -0.2) is 0 Å². The van der Waals surface area contributed by atoms with Crippen molar-refractivity contribution in [2.24, 2.45) is 0 Å². The molecular weight excluding hydrogens is 298 g/mol. The Labute approximate surface area is 140 Å². The molecule has 1 aliphatic rings. The van der Waals surface area contributed by atoms with Crippen molar-refractivity contribution in [2.45, 2.75) is 6.54 Å². The van der Waals surface area contributed by atoms with E-state index < -0.39 is 11.7 Å². The maximum Gasteiger partial charge on any atom is 0.299 e. The predicted molar refractivity (Wildman–Crippen MR) is 93.8 cm³/mol. The number of amides is 1. The molecule has 3 aromatic carbocycles. The minimum Gasteiger partial charge on any atom is -0.300 e. The van der Waals surface area contributed by atoms with E-state index in [1.807, 2.05) is 72.8 Å². The number of carbonyl (C=O) groups is 2. The van der Waals surface area contributed by atoms with Gasteiger partial charge in [0.25, 0.3) is 11.7 Å². The molecule has 0 N–H and O–H groups in total. The topological polar surface area (TPSA) is 37.4 Å². The smallest absolute Gasteiger partial charge is 0.299 e. The molecule has 0 aliphatic carbocycles. The summed E-state index contributed by atoms with van der Waals surface area (Å²) in [6, 6.07) is 25.2. The van der Waals surface area contributed by atoms with E-state index in [0.717, 1.165) is 16.7 Å². The van der Waals surface area contributed by atoms with E-state index in [-0.39, 0.29) is 0 Å². The third-order valence-electron chi connectivity index (χ3n) is 4.26. The second-order valence-electron chi connectivity index (χ2n) is 5.80. The van der Waals surface area contributed by atoms with Gasteiger partial charge < -0.3 is 4.90 Å². The van der Waals surface area contributed by atoms with Gasteiger partial charge in [0.1, 0.15) is 0 Å². The van der Waals surface area contributed by atoms with Gasteiger partial charge in [0, 0.05) is 0 Å². The first-order valence-electron chi connectivity index (χ1n) is 7.83. The lowest BCUT2D eigenvalue weighted by atomic mass is 10.0. The number of Topliss-reactive ketones (excluding diaryl/α,β-unsaturated/α-hetero) is 1. The van der Waals surface area contributed by atoms with Crippen LogP contribution in [0.25, 0.3) is 11.1 Å². The SMILES string of the molecule is O=C1C(=O)N(Cc2ccccc2)c2cc(-c3ccccc3)ccc21. The molecule has 0 saturated carbocycles. The van der Waals surface area contributed by atoms with Crippen LogP contribution in [0.15, 0.2) is 78.9 Å². The number of hydrogen-bond donors (Lipinski definition) is 0. The summed E-state index contributed by atoms with van der Waals surface area (Å²) in [6.07, 6.45) is 0. The standard InChI is InChI=1S/C21H15NO2/c23-20-18-12-11-17(16-9-5-2-6-10-16)13-19(18)22(21(20)24)14-15-7-3-1-4-8-15/h1-13H,14H2. The Morgan fingerprint density at radius 2 is 1.38 bits per heavy atom. The second kappa shape index (κ2) is 5.78. The lowest BCUT2D eigenvalue weighted by molar-refractivity contribution is -0.114. The number of nitrogens with zero attached hydrogens (tertiary/aromatic N) is 1. The summed E-state index contributed by atoms with van der Waals surface area (Å²) in [6.45, 7) is 0.399. The highest BCUT2D eigenvalue weighted by atomic mass is 16.2. The largest absolute Gasteiger partial charge is 0.300 e. The summed E-state index contributed by atoms with van der Waals surface area (Å²) in [5.41, 5.74) is 4.23. The average molecular weight is 313 g/mol. The summed E-state index contributed by atoms with van der Waals surface area (Å²) in [4.78, 5) is 26.2. The highest BCUT2D eigenvalue weighted by molar-refractivity contribution is 6.52. The zero-order valence-electron chi connectivity index (χ0n) is 13.0. The number of ketones is 1. The van der Waals surface area contributed by atoms with Crippen LogP contribution in [0, 0.1) is 0 Å². The normalized spacial score (nSPS) is 13.2. The number of fused-ring (bicyclic) bond motifs is 1. The van der Waals surface area contributed by atoms with Crippen molar-refractivity contribution in [2.75, 3.05) is 4.90 Å². The average Bonchev–Trinajstić information content (AvgIpc) is 2.88. The Kier molecular flexibility index (Phi) is 3.47. The van der Waals surface area contributed by atoms with Gasteiger partial charge in [0.2, 0.25) is 0 Å². The fraction of sp³-hybridized carbons (Fsp3) is 0.0476. The van der Waals surface area contributed by atoms with Gasteiger partial charge >= 0.3 is 0 Å². The van der Waals surface area contributed by atoms with Gasteiger partial charge in [0.05, 0.1) is 17.8 Å². The fourth-order valence-electron chi connectivity index (χ4n) is 3.03. The van der Waals surface area contributed by atoms with Crippen molar-refractivity contribution in [1.29, 1.82) is 0 Å². The van der Waals surface area contributed by atoms with Gasteiger partial charge in [-0.1, -0.05) is 66.7 Å². The molecule has 0 aromatic heterocycles. The van der Waals surface area contributed by atoms with Crippen LogP contribution in [0.5, 0.6) is 0 Å². The van der Waals surface area contributed by atoms with Crippen LogP contribution in [0.3, 0.4) is 0 Å². The zero-order chi connectivity index (χ0) is 16.5. The number of carbonyl (C=O) groups excluding carboxylic acids is 2. The van der Waals surface area contributed by atoms with E-state index in [2.05, 4.69) is 0 Å². The van der Waals surface area contributed by atoms with E-state index in [0.29, 0.717) is 17.8 Å². The Hall–Kier alpha value is -3.20.